The first-order chi connectivity index (χ1) is 11.2. The summed E-state index contributed by atoms with van der Waals surface area (Å²) in [6.45, 7) is 6.66. The second kappa shape index (κ2) is 6.70. The number of carboxylic acid groups (broad SMARTS) is 1. The summed E-state index contributed by atoms with van der Waals surface area (Å²) in [6.07, 6.45) is 2.99. The standard InChI is InChI=1S/C18H21N3O3/c1-12-15(10-11-16(22)19-18(3,4)17(23)24)13(2)21(20-12)14-8-6-5-7-9-14/h5-11H,1-4H3,(H,19,22)(H,23,24)/b11-10+. The Morgan fingerprint density at radius 1 is 1.21 bits per heavy atom. The van der Waals surface area contributed by atoms with E-state index in [0.29, 0.717) is 0 Å². The summed E-state index contributed by atoms with van der Waals surface area (Å²) in [7, 11) is 0. The number of amides is 1. The molecule has 0 radical (unpaired) electrons. The van der Waals surface area contributed by atoms with Gasteiger partial charge in [0.2, 0.25) is 5.91 Å². The molecule has 1 aromatic heterocycles. The van der Waals surface area contributed by atoms with Gasteiger partial charge in [0.05, 0.1) is 11.4 Å². The van der Waals surface area contributed by atoms with Crippen LogP contribution in [0.15, 0.2) is 36.4 Å². The number of carbonyl (C=O) groups excluding carboxylic acids is 1. The minimum Gasteiger partial charge on any atom is -0.480 e. The quantitative estimate of drug-likeness (QED) is 0.826. The summed E-state index contributed by atoms with van der Waals surface area (Å²) >= 11 is 0. The normalized spacial score (nSPS) is 11.7. The summed E-state index contributed by atoms with van der Waals surface area (Å²) in [5.74, 6) is -1.55. The minimum absolute atomic E-state index is 0.464. The van der Waals surface area contributed by atoms with E-state index in [1.165, 1.54) is 19.9 Å². The van der Waals surface area contributed by atoms with Gasteiger partial charge < -0.3 is 10.4 Å². The van der Waals surface area contributed by atoms with E-state index in [2.05, 4.69) is 10.4 Å². The molecule has 6 heteroatoms. The SMILES string of the molecule is Cc1nn(-c2ccccc2)c(C)c1/C=C/C(=O)NC(C)(C)C(=O)O. The second-order valence-electron chi connectivity index (χ2n) is 6.08. The molecule has 0 aliphatic heterocycles. The number of carboxylic acids is 1. The first kappa shape index (κ1) is 17.5. The summed E-state index contributed by atoms with van der Waals surface area (Å²) in [5, 5.41) is 16.0. The van der Waals surface area contributed by atoms with Gasteiger partial charge in [-0.25, -0.2) is 9.48 Å². The summed E-state index contributed by atoms with van der Waals surface area (Å²) in [5.41, 5.74) is 2.15. The van der Waals surface area contributed by atoms with Crippen molar-refractivity contribution in [1.29, 1.82) is 0 Å². The van der Waals surface area contributed by atoms with Crippen LogP contribution in [0, 0.1) is 13.8 Å². The Morgan fingerprint density at radius 2 is 1.83 bits per heavy atom. The van der Waals surface area contributed by atoms with Crippen LogP contribution in [0.1, 0.15) is 30.8 Å². The van der Waals surface area contributed by atoms with Crippen LogP contribution in [0.3, 0.4) is 0 Å². The van der Waals surface area contributed by atoms with Gasteiger partial charge >= 0.3 is 5.97 Å². The molecule has 0 aliphatic rings. The molecular formula is C18H21N3O3. The van der Waals surface area contributed by atoms with E-state index in [4.69, 9.17) is 5.11 Å². The van der Waals surface area contributed by atoms with Gasteiger partial charge in [0.25, 0.3) is 0 Å². The molecule has 0 spiro atoms. The van der Waals surface area contributed by atoms with Gasteiger partial charge in [-0.05, 0) is 45.9 Å². The molecule has 126 valence electrons. The zero-order chi connectivity index (χ0) is 17.9. The number of para-hydroxylation sites is 1. The number of hydrogen-bond donors (Lipinski definition) is 2. The van der Waals surface area contributed by atoms with Crippen molar-refractivity contribution < 1.29 is 14.7 Å². The highest BCUT2D eigenvalue weighted by atomic mass is 16.4. The van der Waals surface area contributed by atoms with E-state index in [0.717, 1.165) is 22.6 Å². The van der Waals surface area contributed by atoms with Crippen LogP contribution in [0.2, 0.25) is 0 Å². The monoisotopic (exact) mass is 327 g/mol. The third-order valence-corrected chi connectivity index (χ3v) is 3.72. The Bertz CT molecular complexity index is 789. The Balaban J connectivity index is 2.23. The Kier molecular flexibility index (Phi) is 4.87. The van der Waals surface area contributed by atoms with Crippen molar-refractivity contribution in [1.82, 2.24) is 15.1 Å². The van der Waals surface area contributed by atoms with E-state index >= 15 is 0 Å². The van der Waals surface area contributed by atoms with Crippen LogP contribution in [0.5, 0.6) is 0 Å². The van der Waals surface area contributed by atoms with E-state index in [-0.39, 0.29) is 0 Å². The molecule has 6 nitrogen and oxygen atoms in total. The lowest BCUT2D eigenvalue weighted by Gasteiger charge is -2.19. The fourth-order valence-electron chi connectivity index (χ4n) is 2.28. The molecule has 0 aliphatic carbocycles. The number of aryl methyl sites for hydroxylation is 1. The van der Waals surface area contributed by atoms with Crippen molar-refractivity contribution in [3.63, 3.8) is 0 Å². The number of carbonyl (C=O) groups is 2. The van der Waals surface area contributed by atoms with Crippen molar-refractivity contribution >= 4 is 18.0 Å². The molecule has 0 saturated heterocycles. The molecular weight excluding hydrogens is 306 g/mol. The van der Waals surface area contributed by atoms with Gasteiger partial charge in [-0.15, -0.1) is 0 Å². The lowest BCUT2D eigenvalue weighted by molar-refractivity contribution is -0.145. The smallest absolute Gasteiger partial charge is 0.328 e. The average Bonchev–Trinajstić information content (AvgIpc) is 2.80. The van der Waals surface area contributed by atoms with Gasteiger partial charge in [-0.2, -0.15) is 5.10 Å². The average molecular weight is 327 g/mol. The van der Waals surface area contributed by atoms with Crippen molar-refractivity contribution in [2.24, 2.45) is 0 Å². The van der Waals surface area contributed by atoms with Gasteiger partial charge in [0, 0.05) is 17.3 Å². The van der Waals surface area contributed by atoms with E-state index in [1.807, 2.05) is 48.9 Å². The van der Waals surface area contributed by atoms with Crippen LogP contribution >= 0.6 is 0 Å². The number of nitrogens with zero attached hydrogens (tertiary/aromatic N) is 2. The predicted molar refractivity (Wildman–Crippen MR) is 91.9 cm³/mol. The maximum Gasteiger partial charge on any atom is 0.328 e. The molecule has 0 fully saturated rings. The topological polar surface area (TPSA) is 84.2 Å². The Hall–Kier alpha value is -2.89. The molecule has 1 amide bonds. The maximum atomic E-state index is 11.9. The zero-order valence-corrected chi connectivity index (χ0v) is 14.2. The first-order valence-corrected chi connectivity index (χ1v) is 7.57. The number of benzene rings is 1. The third-order valence-electron chi connectivity index (χ3n) is 3.72. The van der Waals surface area contributed by atoms with Crippen LogP contribution in [0.4, 0.5) is 0 Å². The lowest BCUT2D eigenvalue weighted by Crippen LogP contribution is -2.49. The van der Waals surface area contributed by atoms with Gasteiger partial charge in [0.15, 0.2) is 0 Å². The molecule has 2 aromatic rings. The molecule has 0 saturated carbocycles. The van der Waals surface area contributed by atoms with Crippen LogP contribution < -0.4 is 5.32 Å². The molecule has 0 atom stereocenters. The van der Waals surface area contributed by atoms with Crippen LogP contribution in [-0.2, 0) is 9.59 Å². The largest absolute Gasteiger partial charge is 0.480 e. The number of hydrogen-bond acceptors (Lipinski definition) is 3. The number of aliphatic carboxylic acids is 1. The molecule has 24 heavy (non-hydrogen) atoms. The molecule has 1 aromatic carbocycles. The molecule has 2 rings (SSSR count). The van der Waals surface area contributed by atoms with Crippen molar-refractivity contribution in [2.75, 3.05) is 0 Å². The fourth-order valence-corrected chi connectivity index (χ4v) is 2.28. The van der Waals surface area contributed by atoms with Gasteiger partial charge in [-0.1, -0.05) is 18.2 Å². The molecule has 0 bridgehead atoms. The highest BCUT2D eigenvalue weighted by molar-refractivity contribution is 5.95. The van der Waals surface area contributed by atoms with Crippen molar-refractivity contribution in [2.45, 2.75) is 33.2 Å². The van der Waals surface area contributed by atoms with Crippen molar-refractivity contribution in [3.8, 4) is 5.69 Å². The van der Waals surface area contributed by atoms with E-state index in [9.17, 15) is 9.59 Å². The molecule has 2 N–H and O–H groups in total. The zero-order valence-electron chi connectivity index (χ0n) is 14.2. The lowest BCUT2D eigenvalue weighted by atomic mass is 10.1. The fraction of sp³-hybridized carbons (Fsp3) is 0.278. The van der Waals surface area contributed by atoms with E-state index < -0.39 is 17.4 Å². The molecule has 0 unspecified atom stereocenters. The highest BCUT2D eigenvalue weighted by Gasteiger charge is 2.28. The maximum absolute atomic E-state index is 11.9. The number of rotatable bonds is 5. The summed E-state index contributed by atoms with van der Waals surface area (Å²) < 4.78 is 1.81. The van der Waals surface area contributed by atoms with Crippen LogP contribution in [-0.4, -0.2) is 32.3 Å². The highest BCUT2D eigenvalue weighted by Crippen LogP contribution is 2.19. The number of nitrogens with one attached hydrogen (secondary N) is 1. The predicted octanol–water partition coefficient (Wildman–Crippen LogP) is 2.48. The third kappa shape index (κ3) is 3.71. The molecule has 1 heterocycles. The van der Waals surface area contributed by atoms with Crippen molar-refractivity contribution in [3.05, 3.63) is 53.4 Å². The first-order valence-electron chi connectivity index (χ1n) is 7.57. The van der Waals surface area contributed by atoms with Gasteiger partial charge in [-0.3, -0.25) is 4.79 Å². The number of aromatic nitrogens is 2. The van der Waals surface area contributed by atoms with Crippen LogP contribution in [0.25, 0.3) is 11.8 Å². The van der Waals surface area contributed by atoms with E-state index in [1.54, 1.807) is 6.08 Å². The Morgan fingerprint density at radius 3 is 2.42 bits per heavy atom. The summed E-state index contributed by atoms with van der Waals surface area (Å²) in [6, 6.07) is 9.71. The second-order valence-corrected chi connectivity index (χ2v) is 6.08. The van der Waals surface area contributed by atoms with Gasteiger partial charge in [0.1, 0.15) is 5.54 Å². The summed E-state index contributed by atoms with van der Waals surface area (Å²) in [4.78, 5) is 23.0. The minimum atomic E-state index is -1.32. The Labute approximate surface area is 140 Å².